The Balaban J connectivity index is 1.56. The highest BCUT2D eigenvalue weighted by molar-refractivity contribution is 5.74. The first-order chi connectivity index (χ1) is 14.2. The van der Waals surface area contributed by atoms with Gasteiger partial charge in [-0.3, -0.25) is 0 Å². The average molecular weight is 386 g/mol. The van der Waals surface area contributed by atoms with Crippen molar-refractivity contribution in [3.63, 3.8) is 0 Å². The monoisotopic (exact) mass is 386 g/mol. The number of hydrogen-bond acceptors (Lipinski definition) is 3. The lowest BCUT2D eigenvalue weighted by Crippen LogP contribution is -2.36. The molecule has 4 rings (SSSR count). The molecule has 1 N–H and O–H groups in total. The first kappa shape index (κ1) is 18.6. The summed E-state index contributed by atoms with van der Waals surface area (Å²) in [7, 11) is 1.77. The minimum atomic E-state index is -0.173. The molecule has 0 aliphatic rings. The maximum absolute atomic E-state index is 12.5. The molecule has 0 unspecified atom stereocenters. The smallest absolute Gasteiger partial charge is 0.317 e. The summed E-state index contributed by atoms with van der Waals surface area (Å²) < 4.78 is 7.12. The van der Waals surface area contributed by atoms with Crippen LogP contribution in [0.1, 0.15) is 11.3 Å². The summed E-state index contributed by atoms with van der Waals surface area (Å²) in [6.07, 6.45) is 3.57. The van der Waals surface area contributed by atoms with Gasteiger partial charge in [-0.25, -0.2) is 9.48 Å². The van der Waals surface area contributed by atoms with Crippen molar-refractivity contribution < 1.29 is 9.21 Å². The lowest BCUT2D eigenvalue weighted by Gasteiger charge is -2.17. The quantitative estimate of drug-likeness (QED) is 0.532. The van der Waals surface area contributed by atoms with Crippen molar-refractivity contribution >= 4 is 6.03 Å². The van der Waals surface area contributed by atoms with Crippen LogP contribution in [-0.4, -0.2) is 27.8 Å². The number of para-hydroxylation sites is 1. The highest BCUT2D eigenvalue weighted by Crippen LogP contribution is 2.24. The van der Waals surface area contributed by atoms with E-state index in [0.29, 0.717) is 18.8 Å². The molecule has 6 heteroatoms. The van der Waals surface area contributed by atoms with E-state index in [1.165, 1.54) is 0 Å². The molecule has 0 aliphatic carbocycles. The first-order valence-electron chi connectivity index (χ1n) is 9.41. The molecular weight excluding hydrogens is 364 g/mol. The van der Waals surface area contributed by atoms with Gasteiger partial charge in [-0.15, -0.1) is 0 Å². The van der Waals surface area contributed by atoms with Crippen molar-refractivity contribution in [1.29, 1.82) is 0 Å². The van der Waals surface area contributed by atoms with Gasteiger partial charge >= 0.3 is 6.03 Å². The van der Waals surface area contributed by atoms with Crippen molar-refractivity contribution in [3.8, 4) is 16.9 Å². The van der Waals surface area contributed by atoms with Crippen LogP contribution in [0.5, 0.6) is 0 Å². The number of nitrogens with zero attached hydrogens (tertiary/aromatic N) is 3. The number of rotatable bonds is 6. The van der Waals surface area contributed by atoms with E-state index in [0.717, 1.165) is 22.5 Å². The first-order valence-corrected chi connectivity index (χ1v) is 9.41. The van der Waals surface area contributed by atoms with Crippen LogP contribution in [0.25, 0.3) is 16.9 Å². The molecule has 0 bridgehead atoms. The van der Waals surface area contributed by atoms with Crippen molar-refractivity contribution in [2.24, 2.45) is 0 Å². The van der Waals surface area contributed by atoms with Gasteiger partial charge < -0.3 is 14.6 Å². The van der Waals surface area contributed by atoms with Crippen molar-refractivity contribution in [1.82, 2.24) is 20.0 Å². The maximum atomic E-state index is 12.5. The lowest BCUT2D eigenvalue weighted by molar-refractivity contribution is 0.205. The Morgan fingerprint density at radius 2 is 1.76 bits per heavy atom. The molecule has 0 atom stereocenters. The van der Waals surface area contributed by atoms with Crippen LogP contribution in [0.3, 0.4) is 0 Å². The molecule has 0 saturated heterocycles. The predicted octanol–water partition coefficient (Wildman–Crippen LogP) is 4.47. The van der Waals surface area contributed by atoms with E-state index in [1.807, 2.05) is 77.6 Å². The van der Waals surface area contributed by atoms with Crippen LogP contribution in [-0.2, 0) is 13.1 Å². The van der Waals surface area contributed by atoms with Gasteiger partial charge in [0, 0.05) is 24.4 Å². The van der Waals surface area contributed by atoms with E-state index >= 15 is 0 Å². The molecule has 0 fully saturated rings. The van der Waals surface area contributed by atoms with Gasteiger partial charge in [0.2, 0.25) is 0 Å². The van der Waals surface area contributed by atoms with Crippen molar-refractivity contribution in [2.75, 3.05) is 7.05 Å². The second-order valence-corrected chi connectivity index (χ2v) is 6.74. The SMILES string of the molecule is CN(Cc1cn(-c2ccccc2)nc1-c1ccccc1)C(=O)NCc1ccco1. The Bertz CT molecular complexity index is 1060. The summed E-state index contributed by atoms with van der Waals surface area (Å²) >= 11 is 0. The Labute approximate surface area is 169 Å². The summed E-state index contributed by atoms with van der Waals surface area (Å²) in [5.41, 5.74) is 3.82. The predicted molar refractivity (Wildman–Crippen MR) is 111 cm³/mol. The van der Waals surface area contributed by atoms with E-state index in [4.69, 9.17) is 9.52 Å². The van der Waals surface area contributed by atoms with E-state index in [-0.39, 0.29) is 6.03 Å². The fourth-order valence-corrected chi connectivity index (χ4v) is 3.12. The number of aromatic nitrogens is 2. The second kappa shape index (κ2) is 8.48. The molecule has 146 valence electrons. The number of furan rings is 1. The largest absolute Gasteiger partial charge is 0.467 e. The molecule has 2 amide bonds. The summed E-state index contributed by atoms with van der Waals surface area (Å²) in [5, 5.41) is 7.66. The molecule has 2 heterocycles. The Morgan fingerprint density at radius 3 is 2.45 bits per heavy atom. The van der Waals surface area contributed by atoms with Crippen LogP contribution < -0.4 is 5.32 Å². The molecular formula is C23H22N4O2. The van der Waals surface area contributed by atoms with Crippen LogP contribution >= 0.6 is 0 Å². The summed E-state index contributed by atoms with van der Waals surface area (Å²) in [6, 6.07) is 23.4. The fourth-order valence-electron chi connectivity index (χ4n) is 3.12. The number of amides is 2. The van der Waals surface area contributed by atoms with E-state index in [2.05, 4.69) is 5.32 Å². The normalized spacial score (nSPS) is 10.7. The lowest BCUT2D eigenvalue weighted by atomic mass is 10.1. The summed E-state index contributed by atoms with van der Waals surface area (Å²) in [4.78, 5) is 14.2. The van der Waals surface area contributed by atoms with Crippen LogP contribution in [0.4, 0.5) is 4.79 Å². The molecule has 2 aromatic carbocycles. The van der Waals surface area contributed by atoms with Crippen LogP contribution in [0.2, 0.25) is 0 Å². The standard InChI is InChI=1S/C23H22N4O2/c1-26(23(28)24-15-21-13-8-14-29-21)16-19-17-27(20-11-6-3-7-12-20)25-22(19)18-9-4-2-5-10-18/h2-14,17H,15-16H2,1H3,(H,24,28). The molecule has 29 heavy (non-hydrogen) atoms. The zero-order valence-corrected chi connectivity index (χ0v) is 16.2. The zero-order chi connectivity index (χ0) is 20.1. The molecule has 6 nitrogen and oxygen atoms in total. The number of hydrogen-bond donors (Lipinski definition) is 1. The third kappa shape index (κ3) is 4.38. The Hall–Kier alpha value is -3.80. The van der Waals surface area contributed by atoms with Crippen LogP contribution in [0.15, 0.2) is 89.7 Å². The number of benzene rings is 2. The van der Waals surface area contributed by atoms with Crippen molar-refractivity contribution in [3.05, 3.63) is 96.6 Å². The topological polar surface area (TPSA) is 63.3 Å². The summed E-state index contributed by atoms with van der Waals surface area (Å²) in [5.74, 6) is 0.716. The highest BCUT2D eigenvalue weighted by atomic mass is 16.3. The average Bonchev–Trinajstić information content (AvgIpc) is 3.43. The number of nitrogens with one attached hydrogen (secondary N) is 1. The maximum Gasteiger partial charge on any atom is 0.317 e. The summed E-state index contributed by atoms with van der Waals surface area (Å²) in [6.45, 7) is 0.784. The van der Waals surface area contributed by atoms with E-state index in [9.17, 15) is 4.79 Å². The molecule has 0 saturated carbocycles. The van der Waals surface area contributed by atoms with Gasteiger partial charge in [-0.05, 0) is 24.3 Å². The minimum Gasteiger partial charge on any atom is -0.467 e. The van der Waals surface area contributed by atoms with Crippen molar-refractivity contribution in [2.45, 2.75) is 13.1 Å². The second-order valence-electron chi connectivity index (χ2n) is 6.74. The molecule has 0 spiro atoms. The molecule has 0 radical (unpaired) electrons. The zero-order valence-electron chi connectivity index (χ0n) is 16.2. The van der Waals surface area contributed by atoms with Gasteiger partial charge in [0.05, 0.1) is 30.7 Å². The van der Waals surface area contributed by atoms with E-state index in [1.54, 1.807) is 24.3 Å². The number of carbonyl (C=O) groups excluding carboxylic acids is 1. The van der Waals surface area contributed by atoms with Gasteiger partial charge in [-0.2, -0.15) is 5.10 Å². The van der Waals surface area contributed by atoms with E-state index < -0.39 is 0 Å². The van der Waals surface area contributed by atoms with Gasteiger partial charge in [0.1, 0.15) is 5.76 Å². The molecule has 4 aromatic rings. The van der Waals surface area contributed by atoms with Gasteiger partial charge in [-0.1, -0.05) is 48.5 Å². The molecule has 0 aliphatic heterocycles. The van der Waals surface area contributed by atoms with Gasteiger partial charge in [0.15, 0.2) is 0 Å². The fraction of sp³-hybridized carbons (Fsp3) is 0.130. The minimum absolute atomic E-state index is 0.173. The highest BCUT2D eigenvalue weighted by Gasteiger charge is 2.16. The molecule has 2 aromatic heterocycles. The van der Waals surface area contributed by atoms with Gasteiger partial charge in [0.25, 0.3) is 0 Å². The van der Waals surface area contributed by atoms with Crippen LogP contribution in [0, 0.1) is 0 Å². The number of carbonyl (C=O) groups is 1. The third-order valence-electron chi connectivity index (χ3n) is 4.61. The third-order valence-corrected chi connectivity index (χ3v) is 4.61. The Morgan fingerprint density at radius 1 is 1.03 bits per heavy atom. The number of urea groups is 1. The Kier molecular flexibility index (Phi) is 5.42.